The first kappa shape index (κ1) is 8.47. The van der Waals surface area contributed by atoms with E-state index in [0.29, 0.717) is 0 Å². The fraction of sp³-hybridized carbons (Fsp3) is 0.857. The molecule has 9 heavy (non-hydrogen) atoms. The van der Waals surface area contributed by atoms with E-state index in [1.165, 1.54) is 0 Å². The number of rotatable bonds is 1. The Hall–Kier alpha value is -0.530. The summed E-state index contributed by atoms with van der Waals surface area (Å²) in [5.41, 5.74) is 1.03. The second-order valence-corrected chi connectivity index (χ2v) is 3.57. The SMILES string of the molecule is C/C(CC(C)(C)C)=N/O. The van der Waals surface area contributed by atoms with E-state index in [1.54, 1.807) is 0 Å². The van der Waals surface area contributed by atoms with Crippen LogP contribution < -0.4 is 0 Å². The van der Waals surface area contributed by atoms with Crippen LogP contribution in [0.1, 0.15) is 34.1 Å². The Morgan fingerprint density at radius 2 is 1.89 bits per heavy atom. The summed E-state index contributed by atoms with van der Waals surface area (Å²) < 4.78 is 0. The molecule has 0 aromatic carbocycles. The fourth-order valence-corrected chi connectivity index (χ4v) is 0.803. The lowest BCUT2D eigenvalue weighted by atomic mass is 9.90. The van der Waals surface area contributed by atoms with Crippen molar-refractivity contribution in [2.24, 2.45) is 10.6 Å². The van der Waals surface area contributed by atoms with Crippen LogP contribution >= 0.6 is 0 Å². The molecule has 0 aliphatic heterocycles. The largest absolute Gasteiger partial charge is 0.411 e. The van der Waals surface area contributed by atoms with E-state index in [1.807, 2.05) is 6.92 Å². The van der Waals surface area contributed by atoms with Crippen LogP contribution in [-0.2, 0) is 0 Å². The second kappa shape index (κ2) is 2.85. The zero-order valence-electron chi connectivity index (χ0n) is 6.60. The molecule has 0 rings (SSSR count). The molecule has 0 heterocycles. The third-order valence-electron chi connectivity index (χ3n) is 0.957. The molecule has 0 aliphatic carbocycles. The van der Waals surface area contributed by atoms with Gasteiger partial charge in [-0.2, -0.15) is 0 Å². The van der Waals surface area contributed by atoms with Gasteiger partial charge < -0.3 is 5.21 Å². The summed E-state index contributed by atoms with van der Waals surface area (Å²) in [7, 11) is 0. The van der Waals surface area contributed by atoms with E-state index in [4.69, 9.17) is 5.21 Å². The van der Waals surface area contributed by atoms with Crippen molar-refractivity contribution in [3.8, 4) is 0 Å². The Morgan fingerprint density at radius 3 is 2.00 bits per heavy atom. The van der Waals surface area contributed by atoms with Crippen LogP contribution in [-0.4, -0.2) is 10.9 Å². The van der Waals surface area contributed by atoms with Crippen LogP contribution in [0.5, 0.6) is 0 Å². The fourth-order valence-electron chi connectivity index (χ4n) is 0.803. The highest BCUT2D eigenvalue weighted by atomic mass is 16.4. The lowest BCUT2D eigenvalue weighted by Crippen LogP contribution is -2.10. The maximum Gasteiger partial charge on any atom is 0.0545 e. The van der Waals surface area contributed by atoms with Crippen molar-refractivity contribution in [3.05, 3.63) is 0 Å². The van der Waals surface area contributed by atoms with Crippen LogP contribution in [0.4, 0.5) is 0 Å². The summed E-state index contributed by atoms with van der Waals surface area (Å²) in [6.07, 6.45) is 0.851. The molecule has 0 saturated carbocycles. The second-order valence-electron chi connectivity index (χ2n) is 3.57. The van der Waals surface area contributed by atoms with Crippen molar-refractivity contribution in [1.29, 1.82) is 0 Å². The topological polar surface area (TPSA) is 32.6 Å². The predicted octanol–water partition coefficient (Wildman–Crippen LogP) is 2.27. The Balaban J connectivity index is 3.75. The molecule has 54 valence electrons. The maximum absolute atomic E-state index is 8.29. The summed E-state index contributed by atoms with van der Waals surface area (Å²) in [6.45, 7) is 8.16. The van der Waals surface area contributed by atoms with E-state index in [-0.39, 0.29) is 5.41 Å². The predicted molar refractivity (Wildman–Crippen MR) is 39.0 cm³/mol. The van der Waals surface area contributed by atoms with Gasteiger partial charge in [-0.1, -0.05) is 25.9 Å². The minimum Gasteiger partial charge on any atom is -0.411 e. The highest BCUT2D eigenvalue weighted by Crippen LogP contribution is 2.18. The normalized spacial score (nSPS) is 14.0. The van der Waals surface area contributed by atoms with Gasteiger partial charge in [-0.3, -0.25) is 0 Å². The molecule has 0 bridgehead atoms. The van der Waals surface area contributed by atoms with Gasteiger partial charge in [-0.15, -0.1) is 0 Å². The van der Waals surface area contributed by atoms with E-state index < -0.39 is 0 Å². The van der Waals surface area contributed by atoms with Gasteiger partial charge >= 0.3 is 0 Å². The van der Waals surface area contributed by atoms with Gasteiger partial charge in [0.15, 0.2) is 0 Å². The summed E-state index contributed by atoms with van der Waals surface area (Å²) in [4.78, 5) is 0. The molecule has 0 saturated heterocycles. The monoisotopic (exact) mass is 129 g/mol. The van der Waals surface area contributed by atoms with Gasteiger partial charge in [0.1, 0.15) is 0 Å². The average molecular weight is 129 g/mol. The van der Waals surface area contributed by atoms with E-state index in [9.17, 15) is 0 Å². The van der Waals surface area contributed by atoms with Crippen molar-refractivity contribution in [2.45, 2.75) is 34.1 Å². The molecule has 0 aromatic heterocycles. The smallest absolute Gasteiger partial charge is 0.0545 e. The molecule has 0 amide bonds. The third-order valence-corrected chi connectivity index (χ3v) is 0.957. The van der Waals surface area contributed by atoms with E-state index >= 15 is 0 Å². The molecule has 0 aliphatic rings. The summed E-state index contributed by atoms with van der Waals surface area (Å²) in [5, 5.41) is 11.4. The Kier molecular flexibility index (Phi) is 2.68. The minimum absolute atomic E-state index is 0.232. The molecule has 0 spiro atoms. The van der Waals surface area contributed by atoms with Crippen LogP contribution in [0.15, 0.2) is 5.16 Å². The van der Waals surface area contributed by atoms with E-state index in [2.05, 4.69) is 25.9 Å². The molecule has 0 radical (unpaired) electrons. The van der Waals surface area contributed by atoms with Gasteiger partial charge in [-0.05, 0) is 18.8 Å². The Labute approximate surface area is 56.6 Å². The van der Waals surface area contributed by atoms with Gasteiger partial charge in [0.05, 0.1) is 5.71 Å². The van der Waals surface area contributed by atoms with Crippen LogP contribution in [0.25, 0.3) is 0 Å². The molecule has 1 N–H and O–H groups in total. The number of hydrogen-bond donors (Lipinski definition) is 1. The third kappa shape index (κ3) is 5.34. The quantitative estimate of drug-likeness (QED) is 0.329. The zero-order valence-corrected chi connectivity index (χ0v) is 6.60. The first-order valence-corrected chi connectivity index (χ1v) is 3.13. The minimum atomic E-state index is 0.232. The molecule has 0 fully saturated rings. The Morgan fingerprint density at radius 1 is 1.44 bits per heavy atom. The first-order chi connectivity index (χ1) is 3.95. The number of nitrogens with zero attached hydrogens (tertiary/aromatic N) is 1. The summed E-state index contributed by atoms with van der Waals surface area (Å²) in [6, 6.07) is 0. The molecule has 0 atom stereocenters. The standard InChI is InChI=1S/C7H15NO/c1-6(8-9)5-7(2,3)4/h9H,5H2,1-4H3/b8-6-. The van der Waals surface area contributed by atoms with Gasteiger partial charge in [0.25, 0.3) is 0 Å². The molecule has 2 nitrogen and oxygen atoms in total. The summed E-state index contributed by atoms with van der Waals surface area (Å²) >= 11 is 0. The van der Waals surface area contributed by atoms with Crippen LogP contribution in [0.3, 0.4) is 0 Å². The van der Waals surface area contributed by atoms with Crippen molar-refractivity contribution < 1.29 is 5.21 Å². The van der Waals surface area contributed by atoms with Crippen molar-refractivity contribution >= 4 is 5.71 Å². The first-order valence-electron chi connectivity index (χ1n) is 3.13. The van der Waals surface area contributed by atoms with Gasteiger partial charge in [0.2, 0.25) is 0 Å². The lowest BCUT2D eigenvalue weighted by molar-refractivity contribution is 0.312. The number of hydrogen-bond acceptors (Lipinski definition) is 2. The maximum atomic E-state index is 8.29. The van der Waals surface area contributed by atoms with Crippen molar-refractivity contribution in [1.82, 2.24) is 0 Å². The van der Waals surface area contributed by atoms with E-state index in [0.717, 1.165) is 12.1 Å². The molecule has 0 unspecified atom stereocenters. The zero-order chi connectivity index (χ0) is 7.49. The van der Waals surface area contributed by atoms with Gasteiger partial charge in [-0.25, -0.2) is 0 Å². The molecule has 2 heteroatoms. The van der Waals surface area contributed by atoms with Crippen LogP contribution in [0.2, 0.25) is 0 Å². The highest BCUT2D eigenvalue weighted by Gasteiger charge is 2.11. The molecular formula is C7H15NO. The Bertz CT molecular complexity index is 111. The average Bonchev–Trinajstić information content (AvgIpc) is 1.62. The van der Waals surface area contributed by atoms with Gasteiger partial charge in [0, 0.05) is 0 Å². The van der Waals surface area contributed by atoms with Crippen LogP contribution in [0, 0.1) is 5.41 Å². The highest BCUT2D eigenvalue weighted by molar-refractivity contribution is 5.81. The van der Waals surface area contributed by atoms with Crippen molar-refractivity contribution in [3.63, 3.8) is 0 Å². The molecular weight excluding hydrogens is 114 g/mol. The molecule has 0 aromatic rings. The number of oxime groups is 1. The van der Waals surface area contributed by atoms with Crippen molar-refractivity contribution in [2.75, 3.05) is 0 Å². The lowest BCUT2D eigenvalue weighted by Gasteiger charge is -2.16. The summed E-state index contributed by atoms with van der Waals surface area (Å²) in [5.74, 6) is 0.